The molecule has 0 aliphatic heterocycles. The lowest BCUT2D eigenvalue weighted by Crippen LogP contribution is -2.23. The van der Waals surface area contributed by atoms with Crippen LogP contribution < -0.4 is 10.6 Å². The summed E-state index contributed by atoms with van der Waals surface area (Å²) in [6, 6.07) is 11.1. The average Bonchev–Trinajstić information content (AvgIpc) is 2.45. The molecule has 20 heavy (non-hydrogen) atoms. The van der Waals surface area contributed by atoms with Gasteiger partial charge in [-0.3, -0.25) is 0 Å². The minimum atomic E-state index is -0.289. The van der Waals surface area contributed by atoms with Gasteiger partial charge in [-0.15, -0.1) is 0 Å². The van der Waals surface area contributed by atoms with Crippen molar-refractivity contribution < 1.29 is 8.78 Å². The van der Waals surface area contributed by atoms with E-state index in [2.05, 4.69) is 0 Å². The van der Waals surface area contributed by atoms with E-state index in [-0.39, 0.29) is 18.2 Å². The molecule has 4 heteroatoms. The van der Waals surface area contributed by atoms with E-state index < -0.39 is 0 Å². The number of halogens is 2. The van der Waals surface area contributed by atoms with E-state index in [1.807, 2.05) is 17.9 Å². The van der Waals surface area contributed by atoms with Crippen molar-refractivity contribution in [2.75, 3.05) is 11.4 Å². The summed E-state index contributed by atoms with van der Waals surface area (Å²) >= 11 is 0. The number of hydrogen-bond donors (Lipinski definition) is 1. The molecule has 0 atom stereocenters. The number of benzene rings is 2. The fraction of sp³-hybridized carbons (Fsp3) is 0.250. The monoisotopic (exact) mass is 276 g/mol. The van der Waals surface area contributed by atoms with Crippen molar-refractivity contribution in [2.24, 2.45) is 5.73 Å². The summed E-state index contributed by atoms with van der Waals surface area (Å²) in [6.07, 6.45) is 0. The largest absolute Gasteiger partial charge is 0.367 e. The average molecular weight is 276 g/mol. The summed E-state index contributed by atoms with van der Waals surface area (Å²) in [5.41, 5.74) is 8.20. The molecule has 0 aliphatic carbocycles. The third kappa shape index (κ3) is 3.33. The molecule has 0 saturated heterocycles. The number of nitrogens with two attached hydrogens (primary N) is 1. The summed E-state index contributed by atoms with van der Waals surface area (Å²) < 4.78 is 26.5. The van der Waals surface area contributed by atoms with Gasteiger partial charge in [0.25, 0.3) is 0 Å². The molecule has 2 rings (SSSR count). The highest BCUT2D eigenvalue weighted by atomic mass is 19.1. The van der Waals surface area contributed by atoms with Crippen LogP contribution in [0.3, 0.4) is 0 Å². The van der Waals surface area contributed by atoms with Gasteiger partial charge in [0.2, 0.25) is 0 Å². The van der Waals surface area contributed by atoms with Gasteiger partial charge in [0.1, 0.15) is 11.6 Å². The minimum Gasteiger partial charge on any atom is -0.367 e. The van der Waals surface area contributed by atoms with Crippen LogP contribution >= 0.6 is 0 Å². The molecule has 0 unspecified atom stereocenters. The summed E-state index contributed by atoms with van der Waals surface area (Å²) in [4.78, 5) is 2.02. The van der Waals surface area contributed by atoms with E-state index in [1.165, 1.54) is 24.3 Å². The lowest BCUT2D eigenvalue weighted by atomic mass is 10.1. The zero-order valence-electron chi connectivity index (χ0n) is 11.4. The summed E-state index contributed by atoms with van der Waals surface area (Å²) in [7, 11) is 0. The molecule has 2 aromatic rings. The Balaban J connectivity index is 2.26. The van der Waals surface area contributed by atoms with Crippen molar-refractivity contribution in [3.8, 4) is 0 Å². The molecule has 2 aromatic carbocycles. The fourth-order valence-electron chi connectivity index (χ4n) is 2.20. The van der Waals surface area contributed by atoms with Gasteiger partial charge >= 0.3 is 0 Å². The zero-order valence-corrected chi connectivity index (χ0v) is 11.4. The maximum atomic E-state index is 13.3. The standard InChI is InChI=1S/C16H18F2N2/c1-2-20(16-5-3-4-14(17)9-16)11-12-6-7-15(18)8-13(12)10-19/h3-9H,2,10-11,19H2,1H3. The Bertz CT molecular complexity index is 584. The molecule has 0 amide bonds. The molecule has 0 fully saturated rings. The van der Waals surface area contributed by atoms with E-state index in [1.54, 1.807) is 12.1 Å². The Morgan fingerprint density at radius 3 is 2.40 bits per heavy atom. The van der Waals surface area contributed by atoms with Crippen LogP contribution in [0.25, 0.3) is 0 Å². The van der Waals surface area contributed by atoms with Crippen LogP contribution in [0, 0.1) is 11.6 Å². The van der Waals surface area contributed by atoms with Crippen molar-refractivity contribution in [2.45, 2.75) is 20.0 Å². The van der Waals surface area contributed by atoms with Crippen molar-refractivity contribution in [1.82, 2.24) is 0 Å². The third-order valence-electron chi connectivity index (χ3n) is 3.30. The Kier molecular flexibility index (Phi) is 4.69. The van der Waals surface area contributed by atoms with Gasteiger partial charge in [0, 0.05) is 25.3 Å². The number of nitrogens with zero attached hydrogens (tertiary/aromatic N) is 1. The van der Waals surface area contributed by atoms with Crippen molar-refractivity contribution >= 4 is 5.69 Å². The lowest BCUT2D eigenvalue weighted by molar-refractivity contribution is 0.623. The quantitative estimate of drug-likeness (QED) is 0.906. The van der Waals surface area contributed by atoms with Crippen LogP contribution in [0.2, 0.25) is 0 Å². The highest BCUT2D eigenvalue weighted by Gasteiger charge is 2.09. The molecule has 0 aromatic heterocycles. The number of anilines is 1. The molecule has 0 aliphatic rings. The predicted molar refractivity (Wildman–Crippen MR) is 77.4 cm³/mol. The molecular formula is C16H18F2N2. The van der Waals surface area contributed by atoms with E-state index in [0.717, 1.165) is 23.4 Å². The summed E-state index contributed by atoms with van der Waals surface area (Å²) in [5.74, 6) is -0.554. The fourth-order valence-corrected chi connectivity index (χ4v) is 2.20. The van der Waals surface area contributed by atoms with Crippen LogP contribution in [-0.2, 0) is 13.1 Å². The SMILES string of the molecule is CCN(Cc1ccc(F)cc1CN)c1cccc(F)c1. The van der Waals surface area contributed by atoms with Crippen molar-refractivity contribution in [3.63, 3.8) is 0 Å². The second kappa shape index (κ2) is 6.48. The Morgan fingerprint density at radius 2 is 1.75 bits per heavy atom. The van der Waals surface area contributed by atoms with Crippen LogP contribution in [0.5, 0.6) is 0 Å². The maximum Gasteiger partial charge on any atom is 0.125 e. The van der Waals surface area contributed by atoms with Gasteiger partial charge in [-0.05, 0) is 48.4 Å². The molecule has 2 nitrogen and oxygen atoms in total. The lowest BCUT2D eigenvalue weighted by Gasteiger charge is -2.24. The normalized spacial score (nSPS) is 10.6. The summed E-state index contributed by atoms with van der Waals surface area (Å²) in [5, 5.41) is 0. The molecule has 0 bridgehead atoms. The predicted octanol–water partition coefficient (Wildman–Crippen LogP) is 3.45. The van der Waals surface area contributed by atoms with Gasteiger partial charge in [-0.25, -0.2) is 8.78 Å². The Morgan fingerprint density at radius 1 is 1.00 bits per heavy atom. The summed E-state index contributed by atoms with van der Waals surface area (Å²) in [6.45, 7) is 3.59. The second-order valence-electron chi connectivity index (χ2n) is 4.61. The third-order valence-corrected chi connectivity index (χ3v) is 3.30. The molecule has 0 heterocycles. The molecule has 0 spiro atoms. The first kappa shape index (κ1) is 14.5. The maximum absolute atomic E-state index is 13.3. The first-order valence-corrected chi connectivity index (χ1v) is 6.62. The van der Waals surface area contributed by atoms with E-state index in [0.29, 0.717) is 6.54 Å². The van der Waals surface area contributed by atoms with E-state index in [9.17, 15) is 8.78 Å². The topological polar surface area (TPSA) is 29.3 Å². The molecular weight excluding hydrogens is 258 g/mol. The van der Waals surface area contributed by atoms with Gasteiger partial charge in [-0.1, -0.05) is 12.1 Å². The first-order valence-electron chi connectivity index (χ1n) is 6.62. The minimum absolute atomic E-state index is 0.265. The zero-order chi connectivity index (χ0) is 14.5. The van der Waals surface area contributed by atoms with Crippen molar-refractivity contribution in [1.29, 1.82) is 0 Å². The van der Waals surface area contributed by atoms with Crippen molar-refractivity contribution in [3.05, 3.63) is 65.2 Å². The molecule has 106 valence electrons. The van der Waals surface area contributed by atoms with Gasteiger partial charge in [0.05, 0.1) is 0 Å². The van der Waals surface area contributed by atoms with Crippen LogP contribution in [0.4, 0.5) is 14.5 Å². The van der Waals surface area contributed by atoms with Gasteiger partial charge < -0.3 is 10.6 Å². The van der Waals surface area contributed by atoms with Crippen LogP contribution in [-0.4, -0.2) is 6.54 Å². The van der Waals surface area contributed by atoms with E-state index in [4.69, 9.17) is 5.73 Å². The van der Waals surface area contributed by atoms with Crippen LogP contribution in [0.15, 0.2) is 42.5 Å². The first-order chi connectivity index (χ1) is 9.63. The number of hydrogen-bond acceptors (Lipinski definition) is 2. The molecule has 0 radical (unpaired) electrons. The van der Waals surface area contributed by atoms with Gasteiger partial charge in [-0.2, -0.15) is 0 Å². The second-order valence-corrected chi connectivity index (χ2v) is 4.61. The molecule has 2 N–H and O–H groups in total. The smallest absolute Gasteiger partial charge is 0.125 e. The van der Waals surface area contributed by atoms with E-state index >= 15 is 0 Å². The number of rotatable bonds is 5. The highest BCUT2D eigenvalue weighted by molar-refractivity contribution is 5.47. The Labute approximate surface area is 117 Å². The highest BCUT2D eigenvalue weighted by Crippen LogP contribution is 2.20. The van der Waals surface area contributed by atoms with Crippen LogP contribution in [0.1, 0.15) is 18.1 Å². The Hall–Kier alpha value is -1.94. The molecule has 0 saturated carbocycles. The van der Waals surface area contributed by atoms with Gasteiger partial charge in [0.15, 0.2) is 0 Å².